The van der Waals surface area contributed by atoms with Gasteiger partial charge in [-0.25, -0.2) is 0 Å². The molecule has 2 rings (SSSR count). The molecule has 1 aromatic heterocycles. The summed E-state index contributed by atoms with van der Waals surface area (Å²) in [5, 5.41) is 22.3. The number of carboxylic acid groups (broad SMARTS) is 1. The van der Waals surface area contributed by atoms with Gasteiger partial charge in [-0.15, -0.1) is 0 Å². The Hall–Kier alpha value is -2.14. The molecule has 0 spiro atoms. The fourth-order valence-corrected chi connectivity index (χ4v) is 1.82. The normalized spacial score (nSPS) is 12.3. The van der Waals surface area contributed by atoms with Crippen LogP contribution in [-0.2, 0) is 11.3 Å². The first kappa shape index (κ1) is 13.3. The molecule has 100 valence electrons. The number of hydrogen-bond donors (Lipinski definition) is 2. The van der Waals surface area contributed by atoms with E-state index in [1.165, 1.54) is 0 Å². The van der Waals surface area contributed by atoms with E-state index >= 15 is 0 Å². The summed E-state index contributed by atoms with van der Waals surface area (Å²) < 4.78 is 1.61. The largest absolute Gasteiger partial charge is 0.481 e. The molecule has 2 aromatic rings. The van der Waals surface area contributed by atoms with Crippen LogP contribution < -0.4 is 0 Å². The summed E-state index contributed by atoms with van der Waals surface area (Å²) in [5.74, 6) is -0.840. The number of aryl methyl sites for hydroxylation is 1. The maximum absolute atomic E-state index is 10.5. The molecule has 1 aromatic carbocycles. The molecule has 2 N–H and O–H groups in total. The molecule has 0 amide bonds. The number of aliphatic carboxylic acids is 1. The molecule has 5 heteroatoms. The Morgan fingerprint density at radius 2 is 2.21 bits per heavy atom. The van der Waals surface area contributed by atoms with E-state index in [-0.39, 0.29) is 6.42 Å². The average Bonchev–Trinajstić information content (AvgIpc) is 2.85. The first-order valence-electron chi connectivity index (χ1n) is 6.09. The Morgan fingerprint density at radius 3 is 2.89 bits per heavy atom. The van der Waals surface area contributed by atoms with Crippen LogP contribution in [0.5, 0.6) is 0 Å². The van der Waals surface area contributed by atoms with Crippen molar-refractivity contribution in [1.29, 1.82) is 0 Å². The molecular formula is C14H16N2O3. The van der Waals surface area contributed by atoms with Gasteiger partial charge >= 0.3 is 5.97 Å². The van der Waals surface area contributed by atoms with Crippen molar-refractivity contribution in [3.8, 4) is 11.1 Å². The quantitative estimate of drug-likeness (QED) is 0.863. The molecule has 0 bridgehead atoms. The molecule has 1 unspecified atom stereocenters. The molecule has 0 aliphatic rings. The third kappa shape index (κ3) is 3.42. The minimum Gasteiger partial charge on any atom is -0.481 e. The van der Waals surface area contributed by atoms with Crippen LogP contribution in [0.4, 0.5) is 0 Å². The lowest BCUT2D eigenvalue weighted by Gasteiger charge is -2.06. The van der Waals surface area contributed by atoms with Gasteiger partial charge in [0.25, 0.3) is 0 Å². The van der Waals surface area contributed by atoms with E-state index in [1.807, 2.05) is 30.5 Å². The third-order valence-electron chi connectivity index (χ3n) is 2.89. The second-order valence-electron chi connectivity index (χ2n) is 4.44. The SMILES string of the molecule is CC(O)c1cccc(-c2cnn(CCC(=O)O)c2)c1. The van der Waals surface area contributed by atoms with Crippen molar-refractivity contribution in [2.45, 2.75) is 26.0 Å². The molecule has 0 aliphatic carbocycles. The zero-order chi connectivity index (χ0) is 13.8. The number of aliphatic hydroxyl groups is 1. The Kier molecular flexibility index (Phi) is 3.97. The highest BCUT2D eigenvalue weighted by Gasteiger charge is 2.06. The van der Waals surface area contributed by atoms with Crippen molar-refractivity contribution >= 4 is 5.97 Å². The van der Waals surface area contributed by atoms with Gasteiger partial charge in [0.15, 0.2) is 0 Å². The second kappa shape index (κ2) is 5.67. The number of hydrogen-bond acceptors (Lipinski definition) is 3. The molecule has 1 heterocycles. The third-order valence-corrected chi connectivity index (χ3v) is 2.89. The molecule has 0 saturated heterocycles. The molecule has 0 radical (unpaired) electrons. The highest BCUT2D eigenvalue weighted by molar-refractivity contribution is 5.66. The number of benzene rings is 1. The fourth-order valence-electron chi connectivity index (χ4n) is 1.82. The highest BCUT2D eigenvalue weighted by Crippen LogP contribution is 2.22. The van der Waals surface area contributed by atoms with Crippen LogP contribution in [0.1, 0.15) is 25.0 Å². The monoisotopic (exact) mass is 260 g/mol. The van der Waals surface area contributed by atoms with Crippen molar-refractivity contribution < 1.29 is 15.0 Å². The van der Waals surface area contributed by atoms with Gasteiger partial charge < -0.3 is 10.2 Å². The van der Waals surface area contributed by atoms with Gasteiger partial charge in [0, 0.05) is 11.8 Å². The van der Waals surface area contributed by atoms with Crippen molar-refractivity contribution in [3.63, 3.8) is 0 Å². The summed E-state index contributed by atoms with van der Waals surface area (Å²) in [7, 11) is 0. The van der Waals surface area contributed by atoms with E-state index in [0.717, 1.165) is 16.7 Å². The fraction of sp³-hybridized carbons (Fsp3) is 0.286. The average molecular weight is 260 g/mol. The minimum absolute atomic E-state index is 0.0504. The van der Waals surface area contributed by atoms with Crippen molar-refractivity contribution in [1.82, 2.24) is 9.78 Å². The summed E-state index contributed by atoms with van der Waals surface area (Å²) >= 11 is 0. The Bertz CT molecular complexity index is 576. The van der Waals surface area contributed by atoms with Crippen LogP contribution in [0, 0.1) is 0 Å². The Morgan fingerprint density at radius 1 is 1.42 bits per heavy atom. The van der Waals surface area contributed by atoms with E-state index < -0.39 is 12.1 Å². The first-order chi connectivity index (χ1) is 9.06. The van der Waals surface area contributed by atoms with Gasteiger partial charge in [-0.3, -0.25) is 9.48 Å². The van der Waals surface area contributed by atoms with E-state index in [2.05, 4.69) is 5.10 Å². The molecule has 0 aliphatic heterocycles. The second-order valence-corrected chi connectivity index (χ2v) is 4.44. The Labute approximate surface area is 111 Å². The van der Waals surface area contributed by atoms with Crippen LogP contribution in [0.25, 0.3) is 11.1 Å². The number of rotatable bonds is 5. The predicted octanol–water partition coefficient (Wildman–Crippen LogP) is 2.08. The van der Waals surface area contributed by atoms with Gasteiger partial charge in [-0.05, 0) is 24.1 Å². The van der Waals surface area contributed by atoms with E-state index in [4.69, 9.17) is 5.11 Å². The van der Waals surface area contributed by atoms with Crippen molar-refractivity contribution in [2.75, 3.05) is 0 Å². The van der Waals surface area contributed by atoms with Crippen LogP contribution >= 0.6 is 0 Å². The van der Waals surface area contributed by atoms with Crippen LogP contribution in [0.15, 0.2) is 36.7 Å². The van der Waals surface area contributed by atoms with Gasteiger partial charge in [0.1, 0.15) is 0 Å². The van der Waals surface area contributed by atoms with Crippen LogP contribution in [0.2, 0.25) is 0 Å². The van der Waals surface area contributed by atoms with E-state index in [9.17, 15) is 9.90 Å². The number of nitrogens with zero attached hydrogens (tertiary/aromatic N) is 2. The molecule has 5 nitrogen and oxygen atoms in total. The summed E-state index contributed by atoms with van der Waals surface area (Å²) in [6, 6.07) is 7.59. The van der Waals surface area contributed by atoms with Crippen molar-refractivity contribution in [2.24, 2.45) is 0 Å². The molecule has 0 saturated carbocycles. The summed E-state index contributed by atoms with van der Waals surface area (Å²) in [6.07, 6.45) is 3.05. The zero-order valence-corrected chi connectivity index (χ0v) is 10.7. The molecule has 0 fully saturated rings. The standard InChI is InChI=1S/C14H16N2O3/c1-10(17)11-3-2-4-12(7-11)13-8-15-16(9-13)6-5-14(18)19/h2-4,7-10,17H,5-6H2,1H3,(H,18,19). The van der Waals surface area contributed by atoms with E-state index in [0.29, 0.717) is 6.54 Å². The minimum atomic E-state index is -0.840. The van der Waals surface area contributed by atoms with Gasteiger partial charge in [0.05, 0.1) is 25.3 Å². The number of aromatic nitrogens is 2. The molecule has 1 atom stereocenters. The Balaban J connectivity index is 2.18. The van der Waals surface area contributed by atoms with Gasteiger partial charge in [-0.2, -0.15) is 5.10 Å². The molecular weight excluding hydrogens is 244 g/mol. The van der Waals surface area contributed by atoms with Crippen LogP contribution in [0.3, 0.4) is 0 Å². The topological polar surface area (TPSA) is 75.4 Å². The zero-order valence-electron chi connectivity index (χ0n) is 10.7. The lowest BCUT2D eigenvalue weighted by atomic mass is 10.0. The summed E-state index contributed by atoms with van der Waals surface area (Å²) in [5.41, 5.74) is 2.71. The van der Waals surface area contributed by atoms with Gasteiger partial charge in [0.2, 0.25) is 0 Å². The van der Waals surface area contributed by atoms with Crippen LogP contribution in [-0.4, -0.2) is 26.0 Å². The highest BCUT2D eigenvalue weighted by atomic mass is 16.4. The first-order valence-corrected chi connectivity index (χ1v) is 6.09. The lowest BCUT2D eigenvalue weighted by Crippen LogP contribution is -2.04. The molecule has 19 heavy (non-hydrogen) atoms. The van der Waals surface area contributed by atoms with Crippen molar-refractivity contribution in [3.05, 3.63) is 42.2 Å². The number of carbonyl (C=O) groups is 1. The summed E-state index contributed by atoms with van der Waals surface area (Å²) in [4.78, 5) is 10.5. The summed E-state index contributed by atoms with van der Waals surface area (Å²) in [6.45, 7) is 2.07. The predicted molar refractivity (Wildman–Crippen MR) is 70.5 cm³/mol. The maximum Gasteiger partial charge on any atom is 0.305 e. The lowest BCUT2D eigenvalue weighted by molar-refractivity contribution is -0.137. The number of carboxylic acids is 1. The maximum atomic E-state index is 10.5. The number of aliphatic hydroxyl groups excluding tert-OH is 1. The smallest absolute Gasteiger partial charge is 0.305 e. The van der Waals surface area contributed by atoms with E-state index in [1.54, 1.807) is 17.8 Å². The van der Waals surface area contributed by atoms with Gasteiger partial charge in [-0.1, -0.05) is 18.2 Å².